The lowest BCUT2D eigenvalue weighted by molar-refractivity contribution is -0.300. The van der Waals surface area contributed by atoms with Gasteiger partial charge in [0.05, 0.1) is 13.2 Å². The van der Waals surface area contributed by atoms with Gasteiger partial charge in [-0.25, -0.2) is 0 Å². The van der Waals surface area contributed by atoms with Gasteiger partial charge in [0.1, 0.15) is 0 Å². The van der Waals surface area contributed by atoms with Crippen LogP contribution in [0, 0.1) is 0 Å². The van der Waals surface area contributed by atoms with Crippen molar-refractivity contribution in [2.24, 2.45) is 0 Å². The standard InChI is InChI=1S/C3H7O6P/c4-3(5)8-1-2-9-10(3,6)7/h4-5H,1-2H2,(H,6,7). The van der Waals surface area contributed by atoms with Gasteiger partial charge in [-0.15, -0.1) is 0 Å². The van der Waals surface area contributed by atoms with Crippen LogP contribution in [0.25, 0.3) is 0 Å². The molecular formula is C3H7O6P. The van der Waals surface area contributed by atoms with Crippen LogP contribution in [-0.2, 0) is 13.8 Å². The van der Waals surface area contributed by atoms with Crippen molar-refractivity contribution in [3.8, 4) is 0 Å². The van der Waals surface area contributed by atoms with Gasteiger partial charge in [0, 0.05) is 0 Å². The molecule has 0 saturated carbocycles. The summed E-state index contributed by atoms with van der Waals surface area (Å²) in [5.74, 6) is 0. The third-order valence-electron chi connectivity index (χ3n) is 1.01. The molecular weight excluding hydrogens is 163 g/mol. The van der Waals surface area contributed by atoms with Gasteiger partial charge in [-0.05, 0) is 0 Å². The average Bonchev–Trinajstić information content (AvgIpc) is 1.77. The summed E-state index contributed by atoms with van der Waals surface area (Å²) in [7, 11) is -4.40. The van der Waals surface area contributed by atoms with Gasteiger partial charge in [0.2, 0.25) is 0 Å². The van der Waals surface area contributed by atoms with Crippen molar-refractivity contribution in [2.75, 3.05) is 13.2 Å². The summed E-state index contributed by atoms with van der Waals surface area (Å²) >= 11 is 0. The Kier molecular flexibility index (Phi) is 1.84. The Bertz CT molecular complexity index is 176. The van der Waals surface area contributed by atoms with E-state index in [2.05, 4.69) is 9.26 Å². The second kappa shape index (κ2) is 2.27. The van der Waals surface area contributed by atoms with Crippen LogP contribution < -0.4 is 0 Å². The molecule has 0 aliphatic carbocycles. The Hall–Kier alpha value is 0.0300. The number of hydrogen-bond acceptors (Lipinski definition) is 5. The normalized spacial score (nSPS) is 39.5. The van der Waals surface area contributed by atoms with E-state index in [-0.39, 0.29) is 13.2 Å². The van der Waals surface area contributed by atoms with Crippen molar-refractivity contribution in [3.05, 3.63) is 0 Å². The quantitative estimate of drug-likeness (QED) is 0.312. The van der Waals surface area contributed by atoms with E-state index in [0.29, 0.717) is 0 Å². The van der Waals surface area contributed by atoms with Crippen LogP contribution in [-0.4, -0.2) is 34.0 Å². The molecule has 60 valence electrons. The fourth-order valence-corrected chi connectivity index (χ4v) is 1.25. The summed E-state index contributed by atoms with van der Waals surface area (Å²) in [6, 6.07) is 0. The summed E-state index contributed by atoms with van der Waals surface area (Å²) in [4.78, 5) is 8.61. The molecule has 10 heavy (non-hydrogen) atoms. The molecule has 0 aromatic heterocycles. The largest absolute Gasteiger partial charge is 0.417 e. The molecule has 1 aliphatic rings. The molecule has 0 amide bonds. The third-order valence-corrected chi connectivity index (χ3v) is 2.41. The average molecular weight is 170 g/mol. The molecule has 7 heteroatoms. The summed E-state index contributed by atoms with van der Waals surface area (Å²) < 4.78 is 18.9. The Balaban J connectivity index is 2.80. The lowest BCUT2D eigenvalue weighted by Gasteiger charge is -2.29. The van der Waals surface area contributed by atoms with E-state index in [1.165, 1.54) is 0 Å². The van der Waals surface area contributed by atoms with Crippen molar-refractivity contribution < 1.29 is 28.9 Å². The summed E-state index contributed by atoms with van der Waals surface area (Å²) in [6.45, 7) is -0.228. The molecule has 0 radical (unpaired) electrons. The molecule has 1 aliphatic heterocycles. The number of hydrogen-bond donors (Lipinski definition) is 3. The maximum Gasteiger partial charge on any atom is 0.417 e. The zero-order valence-corrected chi connectivity index (χ0v) is 5.82. The lowest BCUT2D eigenvalue weighted by Crippen LogP contribution is -2.37. The van der Waals surface area contributed by atoms with Gasteiger partial charge < -0.3 is 24.4 Å². The Morgan fingerprint density at radius 3 is 2.30 bits per heavy atom. The second-order valence-electron chi connectivity index (χ2n) is 1.78. The molecule has 0 spiro atoms. The summed E-state index contributed by atoms with van der Waals surface area (Å²) in [5, 5.41) is 17.2. The monoisotopic (exact) mass is 170 g/mol. The minimum absolute atomic E-state index is 0.114. The molecule has 1 atom stereocenters. The molecule has 1 unspecified atom stereocenters. The van der Waals surface area contributed by atoms with E-state index in [1.807, 2.05) is 0 Å². The van der Waals surface area contributed by atoms with Crippen molar-refractivity contribution >= 4 is 7.60 Å². The highest BCUT2D eigenvalue weighted by Gasteiger charge is 2.50. The number of ether oxygens (including phenoxy) is 1. The van der Waals surface area contributed by atoms with Gasteiger partial charge in [0.15, 0.2) is 0 Å². The molecule has 0 bridgehead atoms. The van der Waals surface area contributed by atoms with Crippen LogP contribution >= 0.6 is 7.60 Å². The first kappa shape index (κ1) is 8.13. The van der Waals surface area contributed by atoms with Gasteiger partial charge >= 0.3 is 13.3 Å². The first-order valence-corrected chi connectivity index (χ1v) is 4.09. The van der Waals surface area contributed by atoms with Crippen LogP contribution in [0.1, 0.15) is 0 Å². The van der Waals surface area contributed by atoms with E-state index in [4.69, 9.17) is 15.1 Å². The van der Waals surface area contributed by atoms with Crippen molar-refractivity contribution in [1.29, 1.82) is 0 Å². The van der Waals surface area contributed by atoms with Crippen molar-refractivity contribution in [3.63, 3.8) is 0 Å². The molecule has 0 aromatic rings. The van der Waals surface area contributed by atoms with Gasteiger partial charge in [0.25, 0.3) is 0 Å². The van der Waals surface area contributed by atoms with Crippen LogP contribution in [0.15, 0.2) is 0 Å². The number of aliphatic hydroxyl groups is 2. The van der Waals surface area contributed by atoms with E-state index in [1.54, 1.807) is 0 Å². The molecule has 0 aromatic carbocycles. The highest BCUT2D eigenvalue weighted by atomic mass is 31.2. The maximum absolute atomic E-state index is 10.6. The van der Waals surface area contributed by atoms with Crippen molar-refractivity contribution in [1.82, 2.24) is 0 Å². The minimum atomic E-state index is -4.40. The Morgan fingerprint density at radius 2 is 2.00 bits per heavy atom. The Morgan fingerprint density at radius 1 is 1.40 bits per heavy atom. The highest BCUT2D eigenvalue weighted by Crippen LogP contribution is 2.54. The molecule has 1 saturated heterocycles. The van der Waals surface area contributed by atoms with E-state index in [9.17, 15) is 4.57 Å². The first-order chi connectivity index (χ1) is 4.46. The third kappa shape index (κ3) is 1.22. The summed E-state index contributed by atoms with van der Waals surface area (Å²) in [6.07, 6.45) is 0. The second-order valence-corrected chi connectivity index (χ2v) is 3.66. The zero-order valence-electron chi connectivity index (χ0n) is 4.93. The molecule has 3 N–H and O–H groups in total. The van der Waals surface area contributed by atoms with Crippen LogP contribution in [0.2, 0.25) is 0 Å². The maximum atomic E-state index is 10.6. The smallest absolute Gasteiger partial charge is 0.334 e. The fourth-order valence-electron chi connectivity index (χ4n) is 0.505. The molecule has 1 rings (SSSR count). The minimum Gasteiger partial charge on any atom is -0.334 e. The fraction of sp³-hybridized carbons (Fsp3) is 1.00. The molecule has 1 fully saturated rings. The lowest BCUT2D eigenvalue weighted by atomic mass is 10.8. The Labute approximate surface area is 56.5 Å². The van der Waals surface area contributed by atoms with Gasteiger partial charge in [-0.1, -0.05) is 0 Å². The van der Waals surface area contributed by atoms with Gasteiger partial charge in [-0.3, -0.25) is 4.57 Å². The van der Waals surface area contributed by atoms with E-state index >= 15 is 0 Å². The summed E-state index contributed by atoms with van der Waals surface area (Å²) in [5.41, 5.74) is -3.04. The van der Waals surface area contributed by atoms with Crippen LogP contribution in [0.4, 0.5) is 0 Å². The predicted molar refractivity (Wildman–Crippen MR) is 28.9 cm³/mol. The highest BCUT2D eigenvalue weighted by molar-refractivity contribution is 7.53. The van der Waals surface area contributed by atoms with Crippen molar-refractivity contribution in [2.45, 2.75) is 5.71 Å². The van der Waals surface area contributed by atoms with Crippen LogP contribution in [0.5, 0.6) is 0 Å². The topological polar surface area (TPSA) is 96.2 Å². The SMILES string of the molecule is O=P1(O)OCCOC1(O)O. The predicted octanol–water partition coefficient (Wildman–Crippen LogP) is -1.19. The van der Waals surface area contributed by atoms with E-state index < -0.39 is 13.3 Å². The van der Waals surface area contributed by atoms with E-state index in [0.717, 1.165) is 0 Å². The molecule has 1 heterocycles. The first-order valence-electron chi connectivity index (χ1n) is 2.52. The zero-order chi connectivity index (χ0) is 7.83. The molecule has 6 nitrogen and oxygen atoms in total. The van der Waals surface area contributed by atoms with Crippen LogP contribution in [0.3, 0.4) is 0 Å². The van der Waals surface area contributed by atoms with Gasteiger partial charge in [-0.2, -0.15) is 0 Å². The number of rotatable bonds is 0.